The maximum Gasteiger partial charge on any atom is 0.326 e. The van der Waals surface area contributed by atoms with E-state index in [0.29, 0.717) is 12.2 Å². The molecule has 92 valence electrons. The molecule has 0 saturated heterocycles. The van der Waals surface area contributed by atoms with Gasteiger partial charge >= 0.3 is 5.97 Å². The molecule has 0 aromatic rings. The van der Waals surface area contributed by atoms with Crippen LogP contribution in [0.3, 0.4) is 0 Å². The highest BCUT2D eigenvalue weighted by atomic mass is 16.5. The number of carbonyl (C=O) groups is 2. The second-order valence-corrected chi connectivity index (χ2v) is 3.44. The van der Waals surface area contributed by atoms with Crippen molar-refractivity contribution in [3.63, 3.8) is 0 Å². The van der Waals surface area contributed by atoms with Gasteiger partial charge in [0.15, 0.2) is 0 Å². The second-order valence-electron chi connectivity index (χ2n) is 3.44. The molecule has 0 fully saturated rings. The topological polar surface area (TPSA) is 75.6 Å². The van der Waals surface area contributed by atoms with Gasteiger partial charge in [-0.05, 0) is 13.3 Å². The Hall–Kier alpha value is -1.36. The van der Waals surface area contributed by atoms with E-state index >= 15 is 0 Å². The van der Waals surface area contributed by atoms with Gasteiger partial charge < -0.3 is 15.2 Å². The maximum atomic E-state index is 11.5. The molecule has 0 aliphatic carbocycles. The van der Waals surface area contributed by atoms with Gasteiger partial charge in [-0.25, -0.2) is 4.79 Å². The Morgan fingerprint density at radius 2 is 2.12 bits per heavy atom. The van der Waals surface area contributed by atoms with E-state index in [2.05, 4.69) is 5.32 Å². The number of nitrogens with one attached hydrogen (secondary N) is 1. The number of hydrogen-bond acceptors (Lipinski definition) is 3. The lowest BCUT2D eigenvalue weighted by molar-refractivity contribution is -0.141. The van der Waals surface area contributed by atoms with Crippen molar-refractivity contribution in [2.24, 2.45) is 0 Å². The zero-order valence-electron chi connectivity index (χ0n) is 9.95. The molecule has 0 bridgehead atoms. The van der Waals surface area contributed by atoms with Crippen LogP contribution in [0.2, 0.25) is 0 Å². The van der Waals surface area contributed by atoms with E-state index < -0.39 is 12.0 Å². The number of hydrogen-bond donors (Lipinski definition) is 2. The van der Waals surface area contributed by atoms with E-state index in [1.807, 2.05) is 6.92 Å². The molecular formula is C11H19NO4. The molecule has 0 radical (unpaired) electrons. The Morgan fingerprint density at radius 3 is 2.56 bits per heavy atom. The zero-order valence-corrected chi connectivity index (χ0v) is 9.95. The maximum absolute atomic E-state index is 11.5. The lowest BCUT2D eigenvalue weighted by Crippen LogP contribution is -2.41. The first-order valence-corrected chi connectivity index (χ1v) is 5.22. The van der Waals surface area contributed by atoms with Gasteiger partial charge in [0.1, 0.15) is 6.04 Å². The molecule has 0 rings (SSSR count). The molecule has 0 aromatic heterocycles. The summed E-state index contributed by atoms with van der Waals surface area (Å²) in [4.78, 5) is 22.4. The van der Waals surface area contributed by atoms with Gasteiger partial charge in [-0.3, -0.25) is 4.79 Å². The Morgan fingerprint density at radius 1 is 1.50 bits per heavy atom. The van der Waals surface area contributed by atoms with Crippen molar-refractivity contribution in [2.45, 2.75) is 32.7 Å². The molecular weight excluding hydrogens is 210 g/mol. The van der Waals surface area contributed by atoms with Crippen molar-refractivity contribution in [1.29, 1.82) is 0 Å². The molecule has 0 heterocycles. The van der Waals surface area contributed by atoms with Crippen molar-refractivity contribution in [1.82, 2.24) is 5.32 Å². The van der Waals surface area contributed by atoms with Crippen LogP contribution in [0.5, 0.6) is 0 Å². The minimum atomic E-state index is -1.05. The van der Waals surface area contributed by atoms with Crippen LogP contribution < -0.4 is 5.32 Å². The summed E-state index contributed by atoms with van der Waals surface area (Å²) in [6.07, 6.45) is 2.76. The fourth-order valence-corrected chi connectivity index (χ4v) is 1.16. The van der Waals surface area contributed by atoms with Crippen LogP contribution in [0, 0.1) is 0 Å². The van der Waals surface area contributed by atoms with Gasteiger partial charge in [-0.15, -0.1) is 0 Å². The molecule has 0 aliphatic rings. The van der Waals surface area contributed by atoms with E-state index in [1.54, 1.807) is 13.0 Å². The molecule has 1 unspecified atom stereocenters. The van der Waals surface area contributed by atoms with Crippen molar-refractivity contribution >= 4 is 11.9 Å². The SMILES string of the molecule is CCC=C(C)C(=O)NC(CCOC)C(=O)O. The van der Waals surface area contributed by atoms with Crippen molar-refractivity contribution < 1.29 is 19.4 Å². The number of amides is 1. The average molecular weight is 229 g/mol. The Labute approximate surface area is 95.5 Å². The van der Waals surface area contributed by atoms with Crippen LogP contribution in [0.4, 0.5) is 0 Å². The smallest absolute Gasteiger partial charge is 0.326 e. The monoisotopic (exact) mass is 229 g/mol. The molecule has 2 N–H and O–H groups in total. The normalized spacial score (nSPS) is 13.3. The molecule has 16 heavy (non-hydrogen) atoms. The number of carboxylic acid groups (broad SMARTS) is 1. The van der Waals surface area contributed by atoms with Gasteiger partial charge in [0.25, 0.3) is 0 Å². The predicted molar refractivity (Wildman–Crippen MR) is 60.1 cm³/mol. The van der Waals surface area contributed by atoms with Gasteiger partial charge in [-0.1, -0.05) is 13.0 Å². The highest BCUT2D eigenvalue weighted by molar-refractivity contribution is 5.95. The minimum Gasteiger partial charge on any atom is -0.480 e. The number of rotatable bonds is 7. The van der Waals surface area contributed by atoms with Crippen molar-refractivity contribution in [3.8, 4) is 0 Å². The Kier molecular flexibility index (Phi) is 7.20. The summed E-state index contributed by atoms with van der Waals surface area (Å²) < 4.78 is 4.78. The summed E-state index contributed by atoms with van der Waals surface area (Å²) in [6.45, 7) is 3.87. The largest absolute Gasteiger partial charge is 0.480 e. The highest BCUT2D eigenvalue weighted by Gasteiger charge is 2.19. The predicted octanol–water partition coefficient (Wildman–Crippen LogP) is 0.949. The Balaban J connectivity index is 4.34. The highest BCUT2D eigenvalue weighted by Crippen LogP contribution is 1.99. The first-order chi connectivity index (χ1) is 7.52. The summed E-state index contributed by atoms with van der Waals surface area (Å²) in [5.41, 5.74) is 0.533. The fourth-order valence-electron chi connectivity index (χ4n) is 1.16. The van der Waals surface area contributed by atoms with E-state index in [9.17, 15) is 9.59 Å². The van der Waals surface area contributed by atoms with Crippen LogP contribution in [0.1, 0.15) is 26.7 Å². The quantitative estimate of drug-likeness (QED) is 0.637. The van der Waals surface area contributed by atoms with Crippen LogP contribution >= 0.6 is 0 Å². The summed E-state index contributed by atoms with van der Waals surface area (Å²) in [5, 5.41) is 11.3. The minimum absolute atomic E-state index is 0.261. The molecule has 0 aromatic carbocycles. The van der Waals surface area contributed by atoms with Crippen LogP contribution in [-0.4, -0.2) is 36.7 Å². The number of methoxy groups -OCH3 is 1. The number of ether oxygens (including phenoxy) is 1. The summed E-state index contributed by atoms with van der Waals surface area (Å²) >= 11 is 0. The van der Waals surface area contributed by atoms with Crippen molar-refractivity contribution in [3.05, 3.63) is 11.6 Å². The third-order valence-corrected chi connectivity index (χ3v) is 2.08. The Bertz CT molecular complexity index is 273. The van der Waals surface area contributed by atoms with Crippen LogP contribution in [0.25, 0.3) is 0 Å². The lowest BCUT2D eigenvalue weighted by atomic mass is 10.2. The third kappa shape index (κ3) is 5.50. The first kappa shape index (κ1) is 14.6. The third-order valence-electron chi connectivity index (χ3n) is 2.08. The summed E-state index contributed by atoms with van der Waals surface area (Å²) in [6, 6.07) is -0.896. The van der Waals surface area contributed by atoms with E-state index in [4.69, 9.17) is 9.84 Å². The molecule has 1 amide bonds. The fraction of sp³-hybridized carbons (Fsp3) is 0.636. The molecule has 1 atom stereocenters. The molecule has 0 saturated carbocycles. The zero-order chi connectivity index (χ0) is 12.6. The van der Waals surface area contributed by atoms with Gasteiger partial charge in [0.05, 0.1) is 0 Å². The van der Waals surface area contributed by atoms with Gasteiger partial charge in [0.2, 0.25) is 5.91 Å². The second kappa shape index (κ2) is 7.87. The number of carbonyl (C=O) groups excluding carboxylic acids is 1. The van der Waals surface area contributed by atoms with E-state index in [0.717, 1.165) is 6.42 Å². The number of allylic oxidation sites excluding steroid dienone is 1. The molecule has 0 aliphatic heterocycles. The summed E-state index contributed by atoms with van der Waals surface area (Å²) in [5.74, 6) is -1.39. The average Bonchev–Trinajstić information content (AvgIpc) is 2.23. The lowest BCUT2D eigenvalue weighted by Gasteiger charge is -2.14. The first-order valence-electron chi connectivity index (χ1n) is 5.22. The van der Waals surface area contributed by atoms with E-state index in [-0.39, 0.29) is 12.3 Å². The molecule has 5 heteroatoms. The standard InChI is InChI=1S/C11H19NO4/c1-4-5-8(2)10(13)12-9(11(14)15)6-7-16-3/h5,9H,4,6-7H2,1-3H3,(H,12,13)(H,14,15). The van der Waals surface area contributed by atoms with E-state index in [1.165, 1.54) is 7.11 Å². The molecule has 5 nitrogen and oxygen atoms in total. The van der Waals surface area contributed by atoms with Crippen LogP contribution in [0.15, 0.2) is 11.6 Å². The van der Waals surface area contributed by atoms with Crippen molar-refractivity contribution in [2.75, 3.05) is 13.7 Å². The number of aliphatic carboxylic acids is 1. The van der Waals surface area contributed by atoms with Gasteiger partial charge in [-0.2, -0.15) is 0 Å². The summed E-state index contributed by atoms with van der Waals surface area (Å²) in [7, 11) is 1.49. The molecule has 0 spiro atoms. The van der Waals surface area contributed by atoms with Crippen LogP contribution in [-0.2, 0) is 14.3 Å². The number of carboxylic acids is 1. The van der Waals surface area contributed by atoms with Gasteiger partial charge in [0, 0.05) is 25.7 Å².